The SMILES string of the molecule is Cc1ccc(CC(N)C(=O)O)c(Cl)c1F. The van der Waals surface area contributed by atoms with E-state index in [1.165, 1.54) is 0 Å². The van der Waals surface area contributed by atoms with Gasteiger partial charge in [0.15, 0.2) is 0 Å². The Labute approximate surface area is 91.7 Å². The molecular formula is C10H11ClFNO2. The van der Waals surface area contributed by atoms with Crippen molar-refractivity contribution in [2.24, 2.45) is 5.73 Å². The standard InChI is InChI=1S/C10H11ClFNO2/c1-5-2-3-6(8(11)9(5)12)4-7(13)10(14)15/h2-3,7H,4,13H2,1H3,(H,14,15). The van der Waals surface area contributed by atoms with Gasteiger partial charge >= 0.3 is 5.97 Å². The summed E-state index contributed by atoms with van der Waals surface area (Å²) in [5.74, 6) is -1.65. The molecule has 1 unspecified atom stereocenters. The molecule has 1 aromatic carbocycles. The third-order valence-corrected chi connectivity index (χ3v) is 2.52. The van der Waals surface area contributed by atoms with E-state index in [0.29, 0.717) is 11.1 Å². The maximum atomic E-state index is 13.3. The van der Waals surface area contributed by atoms with Gasteiger partial charge < -0.3 is 10.8 Å². The molecule has 3 N–H and O–H groups in total. The highest BCUT2D eigenvalue weighted by Gasteiger charge is 2.16. The fourth-order valence-electron chi connectivity index (χ4n) is 1.17. The van der Waals surface area contributed by atoms with Crippen LogP contribution in [0.5, 0.6) is 0 Å². The van der Waals surface area contributed by atoms with Crippen LogP contribution >= 0.6 is 11.6 Å². The van der Waals surface area contributed by atoms with Gasteiger partial charge in [0.1, 0.15) is 11.9 Å². The largest absolute Gasteiger partial charge is 0.480 e. The van der Waals surface area contributed by atoms with E-state index >= 15 is 0 Å². The van der Waals surface area contributed by atoms with E-state index < -0.39 is 17.8 Å². The summed E-state index contributed by atoms with van der Waals surface area (Å²) >= 11 is 5.72. The van der Waals surface area contributed by atoms with Gasteiger partial charge in [-0.05, 0) is 24.5 Å². The molecule has 15 heavy (non-hydrogen) atoms. The molecule has 1 aromatic rings. The Morgan fingerprint density at radius 3 is 2.80 bits per heavy atom. The van der Waals surface area contributed by atoms with Crippen molar-refractivity contribution >= 4 is 17.6 Å². The number of carboxylic acids is 1. The molecule has 1 atom stereocenters. The van der Waals surface area contributed by atoms with E-state index in [9.17, 15) is 9.18 Å². The van der Waals surface area contributed by atoms with E-state index in [4.69, 9.17) is 22.4 Å². The molecule has 0 saturated carbocycles. The van der Waals surface area contributed by atoms with Crippen LogP contribution in [-0.4, -0.2) is 17.1 Å². The van der Waals surface area contributed by atoms with Gasteiger partial charge in [-0.15, -0.1) is 0 Å². The first-order chi connectivity index (χ1) is 6.93. The molecule has 82 valence electrons. The van der Waals surface area contributed by atoms with Gasteiger partial charge in [-0.2, -0.15) is 0 Å². The number of nitrogens with two attached hydrogens (primary N) is 1. The highest BCUT2D eigenvalue weighted by Crippen LogP contribution is 2.23. The lowest BCUT2D eigenvalue weighted by Gasteiger charge is -2.09. The molecule has 0 aliphatic heterocycles. The van der Waals surface area contributed by atoms with Crippen LogP contribution in [0, 0.1) is 12.7 Å². The maximum Gasteiger partial charge on any atom is 0.320 e. The van der Waals surface area contributed by atoms with Crippen LogP contribution in [0.15, 0.2) is 12.1 Å². The summed E-state index contributed by atoms with van der Waals surface area (Å²) < 4.78 is 13.3. The first-order valence-electron chi connectivity index (χ1n) is 4.35. The molecule has 0 radical (unpaired) electrons. The van der Waals surface area contributed by atoms with Crippen molar-refractivity contribution in [1.29, 1.82) is 0 Å². The van der Waals surface area contributed by atoms with Crippen molar-refractivity contribution in [2.75, 3.05) is 0 Å². The van der Waals surface area contributed by atoms with Gasteiger partial charge in [-0.1, -0.05) is 23.7 Å². The average Bonchev–Trinajstić information content (AvgIpc) is 2.18. The third-order valence-electron chi connectivity index (χ3n) is 2.11. The Balaban J connectivity index is 2.97. The van der Waals surface area contributed by atoms with Crippen molar-refractivity contribution in [3.63, 3.8) is 0 Å². The fraction of sp³-hybridized carbons (Fsp3) is 0.300. The smallest absolute Gasteiger partial charge is 0.320 e. The third kappa shape index (κ3) is 2.67. The number of aryl methyl sites for hydroxylation is 1. The topological polar surface area (TPSA) is 63.3 Å². The molecule has 1 rings (SSSR count). The van der Waals surface area contributed by atoms with Gasteiger partial charge in [0.25, 0.3) is 0 Å². The summed E-state index contributed by atoms with van der Waals surface area (Å²) in [6.45, 7) is 1.59. The molecule has 0 heterocycles. The number of rotatable bonds is 3. The van der Waals surface area contributed by atoms with Gasteiger partial charge in [-0.3, -0.25) is 4.79 Å². The lowest BCUT2D eigenvalue weighted by Crippen LogP contribution is -2.32. The zero-order valence-electron chi connectivity index (χ0n) is 8.13. The van der Waals surface area contributed by atoms with E-state index in [-0.39, 0.29) is 11.4 Å². The minimum absolute atomic E-state index is 0.0192. The van der Waals surface area contributed by atoms with Gasteiger partial charge in [0.05, 0.1) is 5.02 Å². The molecule has 0 saturated heterocycles. The van der Waals surface area contributed by atoms with E-state index in [1.54, 1.807) is 19.1 Å². The van der Waals surface area contributed by atoms with E-state index in [0.717, 1.165) is 0 Å². The summed E-state index contributed by atoms with van der Waals surface area (Å²) in [4.78, 5) is 10.5. The number of hydrogen-bond donors (Lipinski definition) is 2. The molecule has 0 aliphatic carbocycles. The second-order valence-electron chi connectivity index (χ2n) is 3.32. The zero-order valence-corrected chi connectivity index (χ0v) is 8.88. The van der Waals surface area contributed by atoms with Crippen LogP contribution in [0.3, 0.4) is 0 Å². The Bertz CT molecular complexity index is 395. The number of aliphatic carboxylic acids is 1. The first kappa shape index (κ1) is 11.9. The number of hydrogen-bond acceptors (Lipinski definition) is 2. The fourth-order valence-corrected chi connectivity index (χ4v) is 1.46. The Morgan fingerprint density at radius 2 is 2.27 bits per heavy atom. The molecular weight excluding hydrogens is 221 g/mol. The normalized spacial score (nSPS) is 12.5. The highest BCUT2D eigenvalue weighted by atomic mass is 35.5. The van der Waals surface area contributed by atoms with Crippen LogP contribution < -0.4 is 5.73 Å². The summed E-state index contributed by atoms with van der Waals surface area (Å²) in [6, 6.07) is 2.07. The summed E-state index contributed by atoms with van der Waals surface area (Å²) in [7, 11) is 0. The van der Waals surface area contributed by atoms with Crippen molar-refractivity contribution in [2.45, 2.75) is 19.4 Å². The van der Waals surface area contributed by atoms with Crippen LogP contribution in [0.2, 0.25) is 5.02 Å². The Kier molecular flexibility index (Phi) is 3.66. The van der Waals surface area contributed by atoms with Crippen LogP contribution in [0.1, 0.15) is 11.1 Å². The monoisotopic (exact) mass is 231 g/mol. The second kappa shape index (κ2) is 4.59. The highest BCUT2D eigenvalue weighted by molar-refractivity contribution is 6.31. The molecule has 0 fully saturated rings. The molecule has 3 nitrogen and oxygen atoms in total. The van der Waals surface area contributed by atoms with Crippen molar-refractivity contribution in [3.8, 4) is 0 Å². The molecule has 0 aromatic heterocycles. The van der Waals surface area contributed by atoms with Crippen LogP contribution in [0.25, 0.3) is 0 Å². The molecule has 0 spiro atoms. The Hall–Kier alpha value is -1.13. The zero-order chi connectivity index (χ0) is 11.6. The van der Waals surface area contributed by atoms with Gasteiger partial charge in [0.2, 0.25) is 0 Å². The molecule has 0 bridgehead atoms. The average molecular weight is 232 g/mol. The number of carboxylic acid groups (broad SMARTS) is 1. The van der Waals surface area contributed by atoms with Gasteiger partial charge in [0, 0.05) is 0 Å². The molecule has 0 aliphatic rings. The van der Waals surface area contributed by atoms with E-state index in [1.807, 2.05) is 0 Å². The summed E-state index contributed by atoms with van der Waals surface area (Å²) in [5, 5.41) is 8.55. The van der Waals surface area contributed by atoms with Crippen molar-refractivity contribution in [3.05, 3.63) is 34.1 Å². The summed E-state index contributed by atoms with van der Waals surface area (Å²) in [5.41, 5.74) is 6.16. The lowest BCUT2D eigenvalue weighted by atomic mass is 10.0. The maximum absolute atomic E-state index is 13.3. The lowest BCUT2D eigenvalue weighted by molar-refractivity contribution is -0.138. The quantitative estimate of drug-likeness (QED) is 0.833. The predicted molar refractivity (Wildman–Crippen MR) is 55.5 cm³/mol. The number of benzene rings is 1. The number of halogens is 2. The minimum Gasteiger partial charge on any atom is -0.480 e. The molecule has 0 amide bonds. The van der Waals surface area contributed by atoms with E-state index in [2.05, 4.69) is 0 Å². The van der Waals surface area contributed by atoms with Crippen molar-refractivity contribution in [1.82, 2.24) is 0 Å². The van der Waals surface area contributed by atoms with Crippen LogP contribution in [0.4, 0.5) is 4.39 Å². The minimum atomic E-state index is -1.13. The van der Waals surface area contributed by atoms with Crippen molar-refractivity contribution < 1.29 is 14.3 Å². The molecule has 5 heteroatoms. The van der Waals surface area contributed by atoms with Gasteiger partial charge in [-0.25, -0.2) is 4.39 Å². The summed E-state index contributed by atoms with van der Waals surface area (Å²) in [6.07, 6.45) is 0.0192. The predicted octanol–water partition coefficient (Wildman–Crippen LogP) is 1.74. The Morgan fingerprint density at radius 1 is 1.67 bits per heavy atom. The second-order valence-corrected chi connectivity index (χ2v) is 3.70. The number of carbonyl (C=O) groups is 1. The first-order valence-corrected chi connectivity index (χ1v) is 4.73. The van der Waals surface area contributed by atoms with Crippen LogP contribution in [-0.2, 0) is 11.2 Å².